The van der Waals surface area contributed by atoms with Crippen LogP contribution in [0.2, 0.25) is 5.02 Å². The van der Waals surface area contributed by atoms with Gasteiger partial charge < -0.3 is 15.6 Å². The Morgan fingerprint density at radius 3 is 2.35 bits per heavy atom. The summed E-state index contributed by atoms with van der Waals surface area (Å²) < 4.78 is 28.6. The van der Waals surface area contributed by atoms with Crippen molar-refractivity contribution in [3.63, 3.8) is 0 Å². The van der Waals surface area contributed by atoms with Crippen LogP contribution in [0.3, 0.4) is 0 Å². The highest BCUT2D eigenvalue weighted by atomic mass is 35.5. The van der Waals surface area contributed by atoms with Gasteiger partial charge >= 0.3 is 0 Å². The lowest BCUT2D eigenvalue weighted by Crippen LogP contribution is -2.43. The molecule has 1 aromatic heterocycles. The van der Waals surface area contributed by atoms with Crippen molar-refractivity contribution in [3.8, 4) is 0 Å². The fourth-order valence-electron chi connectivity index (χ4n) is 3.83. The number of sulfonamides is 1. The molecule has 0 saturated carbocycles. The van der Waals surface area contributed by atoms with E-state index < -0.39 is 15.9 Å². The Morgan fingerprint density at radius 2 is 1.84 bits per heavy atom. The molecule has 0 bridgehead atoms. The lowest BCUT2D eigenvalue weighted by atomic mass is 9.96. The minimum atomic E-state index is -3.76. The van der Waals surface area contributed by atoms with Gasteiger partial charge in [0, 0.05) is 37.3 Å². The molecular formula is C21H27ClN4O4S. The monoisotopic (exact) mass is 466 g/mol. The molecule has 2 heterocycles. The molecule has 0 radical (unpaired) electrons. The van der Waals surface area contributed by atoms with Crippen molar-refractivity contribution in [2.24, 2.45) is 18.7 Å². The highest BCUT2D eigenvalue weighted by Crippen LogP contribution is 2.26. The number of rotatable bonds is 7. The van der Waals surface area contributed by atoms with E-state index in [2.05, 4.69) is 5.32 Å². The molecule has 1 saturated heterocycles. The normalized spacial score (nSPS) is 16.7. The largest absolute Gasteiger partial charge is 0.364 e. The van der Waals surface area contributed by atoms with Crippen LogP contribution in [0.4, 0.5) is 0 Å². The third-order valence-electron chi connectivity index (χ3n) is 5.69. The van der Waals surface area contributed by atoms with Gasteiger partial charge in [0.2, 0.25) is 15.9 Å². The predicted molar refractivity (Wildman–Crippen MR) is 118 cm³/mol. The lowest BCUT2D eigenvalue weighted by molar-refractivity contribution is -0.126. The number of carbonyl (C=O) groups is 2. The second-order valence-electron chi connectivity index (χ2n) is 7.74. The molecule has 3 N–H and O–H groups in total. The van der Waals surface area contributed by atoms with Crippen molar-refractivity contribution < 1.29 is 18.0 Å². The Hall–Kier alpha value is -2.36. The smallest absolute Gasteiger partial charge is 0.265 e. The highest BCUT2D eigenvalue weighted by molar-refractivity contribution is 7.89. The molecule has 0 spiro atoms. The molecule has 168 valence electrons. The highest BCUT2D eigenvalue weighted by Gasteiger charge is 2.33. The number of primary amides is 1. The van der Waals surface area contributed by atoms with Gasteiger partial charge in [0.15, 0.2) is 0 Å². The summed E-state index contributed by atoms with van der Waals surface area (Å²) in [5.74, 6) is -1.02. The summed E-state index contributed by atoms with van der Waals surface area (Å²) in [6.45, 7) is 2.47. The number of nitrogens with one attached hydrogen (secondary N) is 1. The molecule has 8 nitrogen and oxygen atoms in total. The number of aryl methyl sites for hydroxylation is 1. The van der Waals surface area contributed by atoms with E-state index >= 15 is 0 Å². The number of hydrogen-bond acceptors (Lipinski definition) is 4. The van der Waals surface area contributed by atoms with Crippen LogP contribution in [0.1, 0.15) is 48.3 Å². The second-order valence-corrected chi connectivity index (χ2v) is 10.1. The average Bonchev–Trinajstić information content (AvgIpc) is 3.15. The third kappa shape index (κ3) is 5.11. The van der Waals surface area contributed by atoms with E-state index in [1.165, 1.54) is 21.1 Å². The second kappa shape index (κ2) is 9.42. The number of piperidine rings is 1. The van der Waals surface area contributed by atoms with Crippen LogP contribution in [0.15, 0.2) is 41.4 Å². The summed E-state index contributed by atoms with van der Waals surface area (Å²) in [5, 5.41) is 3.71. The van der Waals surface area contributed by atoms with E-state index in [0.717, 1.165) is 12.0 Å². The number of aromatic nitrogens is 1. The first-order chi connectivity index (χ1) is 14.6. The van der Waals surface area contributed by atoms with Gasteiger partial charge in [-0.05, 0) is 43.0 Å². The molecule has 1 aliphatic heterocycles. The molecule has 3 rings (SSSR count). The number of hydrogen-bond donors (Lipinski definition) is 2. The molecule has 1 atom stereocenters. The number of halogens is 1. The molecule has 2 aromatic rings. The summed E-state index contributed by atoms with van der Waals surface area (Å²) in [6, 6.07) is 8.54. The zero-order chi connectivity index (χ0) is 22.8. The maximum atomic E-state index is 12.9. The van der Waals surface area contributed by atoms with Crippen LogP contribution < -0.4 is 11.1 Å². The van der Waals surface area contributed by atoms with Crippen LogP contribution in [0.25, 0.3) is 0 Å². The fraction of sp³-hybridized carbons (Fsp3) is 0.429. The third-order valence-corrected chi connectivity index (χ3v) is 7.81. The van der Waals surface area contributed by atoms with E-state index in [0.29, 0.717) is 17.9 Å². The first-order valence-electron chi connectivity index (χ1n) is 10.2. The summed E-state index contributed by atoms with van der Waals surface area (Å²) in [4.78, 5) is 24.3. The first-order valence-corrected chi connectivity index (χ1v) is 12.0. The minimum Gasteiger partial charge on any atom is -0.364 e. The van der Waals surface area contributed by atoms with Crippen molar-refractivity contribution in [1.29, 1.82) is 0 Å². The Labute approximate surface area is 187 Å². The Kier molecular flexibility index (Phi) is 7.08. The number of amides is 2. The quantitative estimate of drug-likeness (QED) is 0.652. The number of carbonyl (C=O) groups excluding carboxylic acids is 2. The van der Waals surface area contributed by atoms with Crippen LogP contribution in [-0.2, 0) is 21.9 Å². The summed E-state index contributed by atoms with van der Waals surface area (Å²) >= 11 is 5.94. The standard InChI is InChI=1S/C21H27ClN4O4S/c1-3-18(14-4-6-16(22)7-5-14)24-21(28)15-8-10-26(11-9-15)31(29,30)17-12-19(20(23)27)25(2)13-17/h4-7,12-13,15,18H,3,8-11H2,1-2H3,(H2,23,27)(H,24,28). The van der Waals surface area contributed by atoms with Gasteiger partial charge in [-0.25, -0.2) is 8.42 Å². The SMILES string of the molecule is CCC(NC(=O)C1CCN(S(=O)(=O)c2cc(C(N)=O)n(C)c2)CC1)c1ccc(Cl)cc1. The zero-order valence-corrected chi connectivity index (χ0v) is 19.1. The minimum absolute atomic E-state index is 0.0282. The number of nitrogens with zero attached hydrogens (tertiary/aromatic N) is 2. The van der Waals surface area contributed by atoms with Gasteiger partial charge in [0.05, 0.1) is 6.04 Å². The molecule has 10 heteroatoms. The molecular weight excluding hydrogens is 440 g/mol. The van der Waals surface area contributed by atoms with Crippen LogP contribution >= 0.6 is 11.6 Å². The Balaban J connectivity index is 1.63. The van der Waals surface area contributed by atoms with E-state index in [4.69, 9.17) is 17.3 Å². The van der Waals surface area contributed by atoms with Crippen molar-refractivity contribution >= 4 is 33.4 Å². The van der Waals surface area contributed by atoms with Crippen molar-refractivity contribution in [3.05, 3.63) is 52.8 Å². The predicted octanol–water partition coefficient (Wildman–Crippen LogP) is 2.45. The maximum Gasteiger partial charge on any atom is 0.265 e. The molecule has 0 aliphatic carbocycles. The van der Waals surface area contributed by atoms with Gasteiger partial charge in [0.25, 0.3) is 5.91 Å². The van der Waals surface area contributed by atoms with Gasteiger partial charge in [-0.1, -0.05) is 30.7 Å². The molecule has 1 aromatic carbocycles. The summed E-state index contributed by atoms with van der Waals surface area (Å²) in [6.07, 6.45) is 2.97. The maximum absolute atomic E-state index is 12.9. The molecule has 1 aliphatic rings. The van der Waals surface area contributed by atoms with E-state index in [1.807, 2.05) is 19.1 Å². The molecule has 1 fully saturated rings. The van der Waals surface area contributed by atoms with Crippen LogP contribution in [-0.4, -0.2) is 42.2 Å². The summed E-state index contributed by atoms with van der Waals surface area (Å²) in [7, 11) is -2.19. The molecule has 2 amide bonds. The van der Waals surface area contributed by atoms with Crippen LogP contribution in [0, 0.1) is 5.92 Å². The van der Waals surface area contributed by atoms with E-state index in [9.17, 15) is 18.0 Å². The van der Waals surface area contributed by atoms with Crippen molar-refractivity contribution in [2.45, 2.75) is 37.1 Å². The molecule has 31 heavy (non-hydrogen) atoms. The van der Waals surface area contributed by atoms with Crippen molar-refractivity contribution in [2.75, 3.05) is 13.1 Å². The zero-order valence-electron chi connectivity index (χ0n) is 17.5. The van der Waals surface area contributed by atoms with Crippen molar-refractivity contribution in [1.82, 2.24) is 14.2 Å². The van der Waals surface area contributed by atoms with Gasteiger partial charge in [0.1, 0.15) is 10.6 Å². The average molecular weight is 467 g/mol. The Bertz CT molecular complexity index is 1060. The fourth-order valence-corrected chi connectivity index (χ4v) is 5.50. The molecule has 1 unspecified atom stereocenters. The Morgan fingerprint density at radius 1 is 1.23 bits per heavy atom. The first kappa shape index (κ1) is 23.3. The topological polar surface area (TPSA) is 114 Å². The van der Waals surface area contributed by atoms with Gasteiger partial charge in [-0.2, -0.15) is 4.31 Å². The van der Waals surface area contributed by atoms with Gasteiger partial charge in [-0.15, -0.1) is 0 Å². The summed E-state index contributed by atoms with van der Waals surface area (Å²) in [5.41, 5.74) is 6.39. The van der Waals surface area contributed by atoms with E-state index in [1.54, 1.807) is 19.2 Å². The number of benzene rings is 1. The number of nitrogens with two attached hydrogens (primary N) is 1. The lowest BCUT2D eigenvalue weighted by Gasteiger charge is -2.31. The van der Waals surface area contributed by atoms with Crippen LogP contribution in [0.5, 0.6) is 0 Å². The van der Waals surface area contributed by atoms with E-state index in [-0.39, 0.29) is 41.5 Å². The van der Waals surface area contributed by atoms with Gasteiger partial charge in [-0.3, -0.25) is 9.59 Å².